The topological polar surface area (TPSA) is 126 Å². The highest BCUT2D eigenvalue weighted by Gasteiger charge is 2.39. The molecule has 0 saturated carbocycles. The van der Waals surface area contributed by atoms with Crippen LogP contribution in [0.5, 0.6) is 5.88 Å². The van der Waals surface area contributed by atoms with E-state index in [9.17, 15) is 14.4 Å². The third kappa shape index (κ3) is 4.01. The lowest BCUT2D eigenvalue weighted by atomic mass is 9.75. The molecule has 150 valence electrons. The maximum Gasteiger partial charge on any atom is 0.275 e. The molecule has 0 bridgehead atoms. The zero-order valence-electron chi connectivity index (χ0n) is 16.3. The minimum Gasteiger partial charge on any atom is -0.480 e. The molecule has 8 nitrogen and oxygen atoms in total. The number of anilines is 1. The predicted octanol–water partition coefficient (Wildman–Crippen LogP) is 2.84. The third-order valence-corrected chi connectivity index (χ3v) is 5.00. The van der Waals surface area contributed by atoms with Crippen molar-refractivity contribution in [2.45, 2.75) is 26.3 Å². The van der Waals surface area contributed by atoms with E-state index in [1.807, 2.05) is 6.92 Å². The minimum absolute atomic E-state index is 0.0924. The largest absolute Gasteiger partial charge is 0.480 e. The van der Waals surface area contributed by atoms with Gasteiger partial charge in [-0.15, -0.1) is 0 Å². The van der Waals surface area contributed by atoms with Crippen molar-refractivity contribution >= 4 is 17.4 Å². The van der Waals surface area contributed by atoms with E-state index in [0.29, 0.717) is 17.7 Å². The number of aliphatic imine (C=N–C) groups is 1. The Kier molecular flexibility index (Phi) is 5.46. The van der Waals surface area contributed by atoms with Crippen molar-refractivity contribution in [3.05, 3.63) is 47.7 Å². The molecule has 2 heterocycles. The Bertz CT molecular complexity index is 1000. The Balaban J connectivity index is 1.86. The molecule has 2 unspecified atom stereocenters. The fourth-order valence-corrected chi connectivity index (χ4v) is 3.34. The first-order valence-electron chi connectivity index (χ1n) is 8.99. The van der Waals surface area contributed by atoms with Gasteiger partial charge in [0.25, 0.3) is 5.91 Å². The van der Waals surface area contributed by atoms with Gasteiger partial charge in [0.05, 0.1) is 31.6 Å². The Labute approximate surface area is 167 Å². The number of carbonyl (C=O) groups is 1. The number of halogens is 1. The number of nitrogens with one attached hydrogen (secondary N) is 1. The zero-order valence-corrected chi connectivity index (χ0v) is 16.3. The summed E-state index contributed by atoms with van der Waals surface area (Å²) in [6, 6.07) is 5.88. The molecular formula is C20H21FN6O2. The Morgan fingerprint density at radius 2 is 2.17 bits per heavy atom. The SMILES string of the molecule is COc1cnc(C(=O)Nc2ccc(F)c(C3N=C(N)[C@@](C)(C#N)CC3C)c2)cn1. The molecule has 1 aromatic carbocycles. The number of aromatic nitrogens is 2. The minimum atomic E-state index is -0.870. The van der Waals surface area contributed by atoms with Gasteiger partial charge in [-0.25, -0.2) is 14.4 Å². The number of carbonyl (C=O) groups excluding carboxylic acids is 1. The summed E-state index contributed by atoms with van der Waals surface area (Å²) in [6.07, 6.45) is 3.08. The molecule has 2 aromatic rings. The number of ether oxygens (including phenoxy) is 1. The van der Waals surface area contributed by atoms with Gasteiger partial charge in [-0.3, -0.25) is 9.79 Å². The second-order valence-corrected chi connectivity index (χ2v) is 7.22. The van der Waals surface area contributed by atoms with Crippen molar-refractivity contribution in [1.29, 1.82) is 5.26 Å². The maximum atomic E-state index is 14.5. The van der Waals surface area contributed by atoms with E-state index in [0.717, 1.165) is 0 Å². The number of hydrogen-bond acceptors (Lipinski definition) is 7. The summed E-state index contributed by atoms with van der Waals surface area (Å²) < 4.78 is 19.5. The molecule has 3 N–H and O–H groups in total. The standard InChI is InChI=1S/C20H21FN6O2/c1-11-7-20(2,10-22)19(23)27-17(11)13-6-12(4-5-14(13)21)26-18(28)15-8-25-16(29-3)9-24-15/h4-6,8-9,11,17H,7H2,1-3H3,(H2,23,27)(H,26,28)/t11?,17?,20-/m1/s1. The van der Waals surface area contributed by atoms with Crippen LogP contribution >= 0.6 is 0 Å². The molecule has 0 spiro atoms. The number of hydrogen-bond donors (Lipinski definition) is 2. The fraction of sp³-hybridized carbons (Fsp3) is 0.350. The fourth-order valence-electron chi connectivity index (χ4n) is 3.34. The molecular weight excluding hydrogens is 375 g/mol. The number of amides is 1. The average Bonchev–Trinajstić information content (AvgIpc) is 2.72. The molecule has 1 aromatic heterocycles. The normalized spacial score (nSPS) is 23.6. The van der Waals surface area contributed by atoms with Crippen molar-refractivity contribution in [2.24, 2.45) is 22.1 Å². The van der Waals surface area contributed by atoms with Gasteiger partial charge >= 0.3 is 0 Å². The molecule has 29 heavy (non-hydrogen) atoms. The molecule has 0 aliphatic carbocycles. The molecule has 3 rings (SSSR count). The van der Waals surface area contributed by atoms with Gasteiger partial charge in [-0.1, -0.05) is 6.92 Å². The summed E-state index contributed by atoms with van der Waals surface area (Å²) >= 11 is 0. The number of amidine groups is 1. The number of rotatable bonds is 4. The van der Waals surface area contributed by atoms with E-state index >= 15 is 0 Å². The van der Waals surface area contributed by atoms with Crippen LogP contribution < -0.4 is 15.8 Å². The van der Waals surface area contributed by atoms with Gasteiger partial charge in [0.2, 0.25) is 5.88 Å². The molecule has 0 saturated heterocycles. The number of nitriles is 1. The lowest BCUT2D eigenvalue weighted by molar-refractivity contribution is 0.102. The second kappa shape index (κ2) is 7.83. The first-order valence-corrected chi connectivity index (χ1v) is 8.99. The zero-order chi connectivity index (χ0) is 21.2. The van der Waals surface area contributed by atoms with Crippen LogP contribution in [-0.2, 0) is 0 Å². The van der Waals surface area contributed by atoms with E-state index in [1.165, 1.54) is 37.7 Å². The van der Waals surface area contributed by atoms with Gasteiger partial charge in [0.1, 0.15) is 22.8 Å². The average molecular weight is 396 g/mol. The van der Waals surface area contributed by atoms with Gasteiger partial charge in [0.15, 0.2) is 0 Å². The summed E-state index contributed by atoms with van der Waals surface area (Å²) in [5.74, 6) is -0.585. The van der Waals surface area contributed by atoms with Crippen LogP contribution in [0.3, 0.4) is 0 Å². The highest BCUT2D eigenvalue weighted by atomic mass is 19.1. The van der Waals surface area contributed by atoms with E-state index in [-0.39, 0.29) is 23.3 Å². The summed E-state index contributed by atoms with van der Waals surface area (Å²) in [4.78, 5) is 24.7. The summed E-state index contributed by atoms with van der Waals surface area (Å²) in [7, 11) is 1.45. The number of nitrogens with two attached hydrogens (primary N) is 1. The van der Waals surface area contributed by atoms with E-state index < -0.39 is 23.2 Å². The lowest BCUT2D eigenvalue weighted by Crippen LogP contribution is -2.40. The van der Waals surface area contributed by atoms with Gasteiger partial charge < -0.3 is 15.8 Å². The Morgan fingerprint density at radius 3 is 2.79 bits per heavy atom. The molecule has 1 aliphatic rings. The van der Waals surface area contributed by atoms with Crippen LogP contribution in [0, 0.1) is 28.5 Å². The van der Waals surface area contributed by atoms with Crippen LogP contribution in [0.2, 0.25) is 0 Å². The van der Waals surface area contributed by atoms with Crippen LogP contribution in [0.1, 0.15) is 42.4 Å². The van der Waals surface area contributed by atoms with Crippen LogP contribution in [0.25, 0.3) is 0 Å². The predicted molar refractivity (Wildman–Crippen MR) is 105 cm³/mol. The lowest BCUT2D eigenvalue weighted by Gasteiger charge is -2.34. The highest BCUT2D eigenvalue weighted by molar-refractivity contribution is 6.02. The number of nitrogens with zero attached hydrogens (tertiary/aromatic N) is 4. The second-order valence-electron chi connectivity index (χ2n) is 7.22. The molecule has 9 heteroatoms. The quantitative estimate of drug-likeness (QED) is 0.818. The van der Waals surface area contributed by atoms with E-state index in [1.54, 1.807) is 6.92 Å². The Morgan fingerprint density at radius 1 is 1.41 bits per heavy atom. The van der Waals surface area contributed by atoms with Gasteiger partial charge in [0, 0.05) is 11.3 Å². The first-order chi connectivity index (χ1) is 13.8. The van der Waals surface area contributed by atoms with Crippen LogP contribution in [0.4, 0.5) is 10.1 Å². The molecule has 1 amide bonds. The van der Waals surface area contributed by atoms with Crippen molar-refractivity contribution in [3.8, 4) is 11.9 Å². The third-order valence-electron chi connectivity index (χ3n) is 5.00. The maximum absolute atomic E-state index is 14.5. The molecule has 3 atom stereocenters. The summed E-state index contributed by atoms with van der Waals surface area (Å²) in [5, 5.41) is 12.1. The number of methoxy groups -OCH3 is 1. The first kappa shape index (κ1) is 20.2. The Hall–Kier alpha value is -3.54. The van der Waals surface area contributed by atoms with E-state index in [2.05, 4.69) is 26.3 Å². The van der Waals surface area contributed by atoms with E-state index in [4.69, 9.17) is 10.5 Å². The van der Waals surface area contributed by atoms with Crippen molar-refractivity contribution in [1.82, 2.24) is 9.97 Å². The highest BCUT2D eigenvalue weighted by Crippen LogP contribution is 2.41. The molecule has 0 radical (unpaired) electrons. The van der Waals surface area contributed by atoms with Crippen molar-refractivity contribution < 1.29 is 13.9 Å². The van der Waals surface area contributed by atoms with Gasteiger partial charge in [-0.2, -0.15) is 5.26 Å². The van der Waals surface area contributed by atoms with Crippen molar-refractivity contribution in [2.75, 3.05) is 12.4 Å². The van der Waals surface area contributed by atoms with Crippen LogP contribution in [-0.4, -0.2) is 28.8 Å². The summed E-state index contributed by atoms with van der Waals surface area (Å²) in [5.41, 5.74) is 5.91. The monoisotopic (exact) mass is 396 g/mol. The van der Waals surface area contributed by atoms with Gasteiger partial charge in [-0.05, 0) is 37.5 Å². The smallest absolute Gasteiger partial charge is 0.275 e. The van der Waals surface area contributed by atoms with Crippen molar-refractivity contribution in [3.63, 3.8) is 0 Å². The molecule has 1 aliphatic heterocycles. The molecule has 0 fully saturated rings. The number of benzene rings is 1. The van der Waals surface area contributed by atoms with Crippen LogP contribution in [0.15, 0.2) is 35.6 Å². The summed E-state index contributed by atoms with van der Waals surface area (Å²) in [6.45, 7) is 3.62.